The number of rotatable bonds is 6. The molecule has 106 valence electrons. The van der Waals surface area contributed by atoms with Crippen molar-refractivity contribution in [3.05, 3.63) is 29.3 Å². The fraction of sp³-hybridized carbons (Fsp3) is 0.647. The van der Waals surface area contributed by atoms with Gasteiger partial charge in [0.25, 0.3) is 0 Å². The highest BCUT2D eigenvalue weighted by molar-refractivity contribution is 5.39. The zero-order valence-electron chi connectivity index (χ0n) is 12.5. The maximum absolute atomic E-state index is 5.70. The molecule has 1 N–H and O–H groups in total. The van der Waals surface area contributed by atoms with Crippen LogP contribution in [-0.4, -0.2) is 13.2 Å². The minimum absolute atomic E-state index is 0.479. The summed E-state index contributed by atoms with van der Waals surface area (Å²) in [5, 5.41) is 3.63. The SMILES string of the molecule is CCNC(CC(C)CC)c1ccc2c(c1)CCCO2. The molecule has 0 saturated heterocycles. The molecule has 19 heavy (non-hydrogen) atoms. The number of nitrogens with one attached hydrogen (secondary N) is 1. The summed E-state index contributed by atoms with van der Waals surface area (Å²) in [6.45, 7) is 8.69. The summed E-state index contributed by atoms with van der Waals surface area (Å²) in [6, 6.07) is 7.22. The Hall–Kier alpha value is -1.02. The third kappa shape index (κ3) is 3.73. The first-order valence-corrected chi connectivity index (χ1v) is 7.73. The number of hydrogen-bond acceptors (Lipinski definition) is 2. The van der Waals surface area contributed by atoms with Gasteiger partial charge in [0.05, 0.1) is 6.61 Å². The molecule has 1 aliphatic heterocycles. The molecule has 0 amide bonds. The van der Waals surface area contributed by atoms with Gasteiger partial charge in [0, 0.05) is 6.04 Å². The Labute approximate surface area is 117 Å². The molecule has 0 spiro atoms. The molecule has 0 radical (unpaired) electrons. The van der Waals surface area contributed by atoms with E-state index >= 15 is 0 Å². The lowest BCUT2D eigenvalue weighted by Gasteiger charge is -2.24. The van der Waals surface area contributed by atoms with Crippen LogP contribution >= 0.6 is 0 Å². The van der Waals surface area contributed by atoms with Crippen LogP contribution in [0.15, 0.2) is 18.2 Å². The van der Waals surface area contributed by atoms with E-state index in [2.05, 4.69) is 44.3 Å². The smallest absolute Gasteiger partial charge is 0.122 e. The molecular weight excluding hydrogens is 234 g/mol. The summed E-state index contributed by atoms with van der Waals surface area (Å²) >= 11 is 0. The Morgan fingerprint density at radius 3 is 2.89 bits per heavy atom. The van der Waals surface area contributed by atoms with Crippen molar-refractivity contribution < 1.29 is 4.74 Å². The van der Waals surface area contributed by atoms with E-state index < -0.39 is 0 Å². The van der Waals surface area contributed by atoms with E-state index in [9.17, 15) is 0 Å². The average molecular weight is 261 g/mol. The number of hydrogen-bond donors (Lipinski definition) is 1. The molecule has 0 aromatic heterocycles. The van der Waals surface area contributed by atoms with E-state index in [4.69, 9.17) is 4.74 Å². The largest absolute Gasteiger partial charge is 0.493 e. The zero-order chi connectivity index (χ0) is 13.7. The van der Waals surface area contributed by atoms with E-state index in [1.807, 2.05) is 0 Å². The van der Waals surface area contributed by atoms with Gasteiger partial charge in [0.1, 0.15) is 5.75 Å². The summed E-state index contributed by atoms with van der Waals surface area (Å²) in [5.41, 5.74) is 2.81. The first-order chi connectivity index (χ1) is 9.24. The second kappa shape index (κ2) is 6.95. The van der Waals surface area contributed by atoms with Crippen molar-refractivity contribution >= 4 is 0 Å². The standard InChI is InChI=1S/C17H27NO/c1-4-13(3)11-16(18-5-2)14-8-9-17-15(12-14)7-6-10-19-17/h8-9,12-13,16,18H,4-7,10-11H2,1-3H3. The minimum atomic E-state index is 0.479. The Morgan fingerprint density at radius 1 is 1.32 bits per heavy atom. The second-order valence-corrected chi connectivity index (χ2v) is 5.68. The molecule has 2 rings (SSSR count). The van der Waals surface area contributed by atoms with E-state index in [0.29, 0.717) is 6.04 Å². The van der Waals surface area contributed by atoms with Crippen LogP contribution in [0.4, 0.5) is 0 Å². The molecule has 1 heterocycles. The zero-order valence-corrected chi connectivity index (χ0v) is 12.5. The van der Waals surface area contributed by atoms with E-state index in [1.165, 1.54) is 24.0 Å². The molecule has 1 aromatic rings. The molecular formula is C17H27NO. The average Bonchev–Trinajstić information content (AvgIpc) is 2.46. The third-order valence-electron chi connectivity index (χ3n) is 4.12. The minimum Gasteiger partial charge on any atom is -0.493 e. The fourth-order valence-electron chi connectivity index (χ4n) is 2.75. The summed E-state index contributed by atoms with van der Waals surface area (Å²) < 4.78 is 5.70. The first-order valence-electron chi connectivity index (χ1n) is 7.73. The van der Waals surface area contributed by atoms with Crippen LogP contribution in [0.1, 0.15) is 57.2 Å². The van der Waals surface area contributed by atoms with Crippen LogP contribution in [0.5, 0.6) is 5.75 Å². The third-order valence-corrected chi connectivity index (χ3v) is 4.12. The van der Waals surface area contributed by atoms with Gasteiger partial charge in [-0.1, -0.05) is 39.3 Å². The Bertz CT molecular complexity index is 402. The van der Waals surface area contributed by atoms with Crippen molar-refractivity contribution in [2.75, 3.05) is 13.2 Å². The number of fused-ring (bicyclic) bond motifs is 1. The van der Waals surface area contributed by atoms with Gasteiger partial charge in [-0.15, -0.1) is 0 Å². The van der Waals surface area contributed by atoms with Crippen molar-refractivity contribution in [3.63, 3.8) is 0 Å². The van der Waals surface area contributed by atoms with Gasteiger partial charge in [0.15, 0.2) is 0 Å². The lowest BCUT2D eigenvalue weighted by atomic mass is 9.92. The highest BCUT2D eigenvalue weighted by Gasteiger charge is 2.17. The van der Waals surface area contributed by atoms with Gasteiger partial charge in [-0.05, 0) is 48.9 Å². The molecule has 1 aromatic carbocycles. The molecule has 2 unspecified atom stereocenters. The fourth-order valence-corrected chi connectivity index (χ4v) is 2.75. The van der Waals surface area contributed by atoms with Crippen molar-refractivity contribution in [1.82, 2.24) is 5.32 Å². The molecule has 2 heteroatoms. The Kier molecular flexibility index (Phi) is 5.26. The molecule has 1 aliphatic rings. The van der Waals surface area contributed by atoms with Crippen molar-refractivity contribution in [3.8, 4) is 5.75 Å². The Morgan fingerprint density at radius 2 is 2.16 bits per heavy atom. The van der Waals surface area contributed by atoms with Crippen LogP contribution in [0.25, 0.3) is 0 Å². The monoisotopic (exact) mass is 261 g/mol. The van der Waals surface area contributed by atoms with Gasteiger partial charge in [-0.25, -0.2) is 0 Å². The Balaban J connectivity index is 2.16. The number of ether oxygens (including phenoxy) is 1. The predicted octanol–water partition coefficient (Wildman–Crippen LogP) is 4.10. The van der Waals surface area contributed by atoms with Gasteiger partial charge in [-0.2, -0.15) is 0 Å². The van der Waals surface area contributed by atoms with Crippen LogP contribution in [0.2, 0.25) is 0 Å². The lowest BCUT2D eigenvalue weighted by molar-refractivity contribution is 0.288. The van der Waals surface area contributed by atoms with E-state index in [-0.39, 0.29) is 0 Å². The highest BCUT2D eigenvalue weighted by atomic mass is 16.5. The van der Waals surface area contributed by atoms with Crippen LogP contribution in [0, 0.1) is 5.92 Å². The van der Waals surface area contributed by atoms with Crippen LogP contribution in [0.3, 0.4) is 0 Å². The molecule has 0 aliphatic carbocycles. The summed E-state index contributed by atoms with van der Waals surface area (Å²) in [6.07, 6.45) is 4.76. The normalized spacial score (nSPS) is 17.4. The molecule has 0 fully saturated rings. The van der Waals surface area contributed by atoms with Crippen molar-refractivity contribution in [2.45, 2.75) is 52.5 Å². The maximum Gasteiger partial charge on any atom is 0.122 e. The number of benzene rings is 1. The first kappa shape index (κ1) is 14.4. The van der Waals surface area contributed by atoms with Gasteiger partial charge in [-0.3, -0.25) is 0 Å². The van der Waals surface area contributed by atoms with Crippen molar-refractivity contribution in [1.29, 1.82) is 0 Å². The molecule has 0 saturated carbocycles. The topological polar surface area (TPSA) is 21.3 Å². The summed E-state index contributed by atoms with van der Waals surface area (Å²) in [7, 11) is 0. The lowest BCUT2D eigenvalue weighted by Crippen LogP contribution is -2.23. The van der Waals surface area contributed by atoms with Gasteiger partial charge in [0.2, 0.25) is 0 Å². The van der Waals surface area contributed by atoms with Gasteiger partial charge < -0.3 is 10.1 Å². The van der Waals surface area contributed by atoms with Gasteiger partial charge >= 0.3 is 0 Å². The number of aryl methyl sites for hydroxylation is 1. The summed E-state index contributed by atoms with van der Waals surface area (Å²) in [4.78, 5) is 0. The van der Waals surface area contributed by atoms with E-state index in [1.54, 1.807) is 0 Å². The van der Waals surface area contributed by atoms with Crippen LogP contribution < -0.4 is 10.1 Å². The van der Waals surface area contributed by atoms with Crippen molar-refractivity contribution in [2.24, 2.45) is 5.92 Å². The molecule has 0 bridgehead atoms. The van der Waals surface area contributed by atoms with Crippen LogP contribution in [-0.2, 0) is 6.42 Å². The summed E-state index contributed by atoms with van der Waals surface area (Å²) in [5.74, 6) is 1.85. The molecule has 2 nitrogen and oxygen atoms in total. The second-order valence-electron chi connectivity index (χ2n) is 5.68. The maximum atomic E-state index is 5.70. The molecule has 2 atom stereocenters. The highest BCUT2D eigenvalue weighted by Crippen LogP contribution is 2.30. The quantitative estimate of drug-likeness (QED) is 0.832. The predicted molar refractivity (Wildman–Crippen MR) is 80.7 cm³/mol. The van der Waals surface area contributed by atoms with E-state index in [0.717, 1.165) is 37.7 Å².